The largest absolute Gasteiger partial charge is 0.310 e. The Morgan fingerprint density at radius 1 is 0.321 bits per heavy atom. The Morgan fingerprint density at radius 2 is 0.625 bits per heavy atom. The summed E-state index contributed by atoms with van der Waals surface area (Å²) in [5, 5.41) is 0. The summed E-state index contributed by atoms with van der Waals surface area (Å²) >= 11 is 0. The highest BCUT2D eigenvalue weighted by molar-refractivity contribution is 5.94. The van der Waals surface area contributed by atoms with Crippen LogP contribution >= 0.6 is 0 Å². The molecule has 0 unspecified atom stereocenters. The van der Waals surface area contributed by atoms with E-state index in [4.69, 9.17) is 0 Å². The van der Waals surface area contributed by atoms with E-state index in [9.17, 15) is 0 Å². The van der Waals surface area contributed by atoms with Crippen molar-refractivity contribution in [1.82, 2.24) is 0 Å². The third-order valence-corrected chi connectivity index (χ3v) is 12.6. The fraction of sp³-hybridized carbons (Fsp3) is 0.222. The van der Waals surface area contributed by atoms with E-state index < -0.39 is 0 Å². The Balaban J connectivity index is 1.19. The van der Waals surface area contributed by atoms with Gasteiger partial charge in [-0.25, -0.2) is 0 Å². The summed E-state index contributed by atoms with van der Waals surface area (Å²) in [5.74, 6) is 0. The van der Waals surface area contributed by atoms with E-state index in [2.05, 4.69) is 212 Å². The molecular formula is C54H52N2. The molecule has 0 saturated carbocycles. The van der Waals surface area contributed by atoms with Crippen LogP contribution in [0.25, 0.3) is 22.3 Å². The monoisotopic (exact) mass is 728 g/mol. The first-order valence-corrected chi connectivity index (χ1v) is 20.1. The van der Waals surface area contributed by atoms with Gasteiger partial charge < -0.3 is 9.80 Å². The highest BCUT2D eigenvalue weighted by Gasteiger charge is 2.43. The molecule has 0 N–H and O–H groups in total. The van der Waals surface area contributed by atoms with Crippen LogP contribution in [0, 0.1) is 41.5 Å². The van der Waals surface area contributed by atoms with Gasteiger partial charge in [0.2, 0.25) is 0 Å². The maximum absolute atomic E-state index is 2.56. The molecule has 7 aromatic carbocycles. The van der Waals surface area contributed by atoms with Crippen molar-refractivity contribution in [2.24, 2.45) is 0 Å². The van der Waals surface area contributed by atoms with Crippen molar-refractivity contribution in [2.45, 2.75) is 80.1 Å². The molecule has 0 aliphatic heterocycles. The third-order valence-electron chi connectivity index (χ3n) is 12.6. The molecule has 0 bridgehead atoms. The Kier molecular flexibility index (Phi) is 8.22. The Bertz CT molecular complexity index is 2450. The van der Waals surface area contributed by atoms with E-state index in [-0.39, 0.29) is 10.8 Å². The van der Waals surface area contributed by atoms with Crippen LogP contribution in [0.5, 0.6) is 0 Å². The topological polar surface area (TPSA) is 6.48 Å². The molecule has 9 rings (SSSR count). The van der Waals surface area contributed by atoms with Crippen LogP contribution in [-0.4, -0.2) is 0 Å². The maximum Gasteiger partial charge on any atom is 0.0467 e. The zero-order valence-corrected chi connectivity index (χ0v) is 34.6. The minimum atomic E-state index is -0.181. The molecule has 56 heavy (non-hydrogen) atoms. The van der Waals surface area contributed by atoms with Crippen LogP contribution in [0.2, 0.25) is 0 Å². The van der Waals surface area contributed by atoms with Crippen LogP contribution in [0.15, 0.2) is 133 Å². The summed E-state index contributed by atoms with van der Waals surface area (Å²) in [7, 11) is 0. The summed E-state index contributed by atoms with van der Waals surface area (Å²) < 4.78 is 0. The van der Waals surface area contributed by atoms with Crippen LogP contribution in [0.4, 0.5) is 34.1 Å². The van der Waals surface area contributed by atoms with Gasteiger partial charge in [0, 0.05) is 45.0 Å². The molecule has 278 valence electrons. The van der Waals surface area contributed by atoms with E-state index in [1.807, 2.05) is 0 Å². The quantitative estimate of drug-likeness (QED) is 0.168. The van der Waals surface area contributed by atoms with Gasteiger partial charge in [0.1, 0.15) is 0 Å². The molecule has 0 radical (unpaired) electrons. The van der Waals surface area contributed by atoms with Gasteiger partial charge >= 0.3 is 0 Å². The molecule has 0 heterocycles. The van der Waals surface area contributed by atoms with E-state index in [1.54, 1.807) is 0 Å². The SMILES string of the molecule is Cc1cccc(N(c2cccc(C)c2)c2cc(C)c3c(c2)C(C)(C)c2cc4c(cc2-3)C(C)(C)c2cc(N(c3cccc(C)c3)c3cccc(C)c3)cc(C)c2-4)c1. The predicted octanol–water partition coefficient (Wildman–Crippen LogP) is 15.1. The molecule has 0 atom stereocenters. The number of fused-ring (bicyclic) bond motifs is 6. The smallest absolute Gasteiger partial charge is 0.0467 e. The fourth-order valence-corrected chi connectivity index (χ4v) is 9.80. The molecule has 0 saturated heterocycles. The van der Waals surface area contributed by atoms with Gasteiger partial charge in [-0.2, -0.15) is 0 Å². The van der Waals surface area contributed by atoms with Gasteiger partial charge in [0.15, 0.2) is 0 Å². The molecule has 0 aromatic heterocycles. The first-order valence-electron chi connectivity index (χ1n) is 20.1. The van der Waals surface area contributed by atoms with Crippen molar-refractivity contribution in [2.75, 3.05) is 9.80 Å². The number of rotatable bonds is 6. The second-order valence-corrected chi connectivity index (χ2v) is 17.6. The van der Waals surface area contributed by atoms with E-state index in [1.165, 1.54) is 112 Å². The molecular weight excluding hydrogens is 677 g/mol. The molecule has 0 fully saturated rings. The number of nitrogens with zero attached hydrogens (tertiary/aromatic N) is 2. The second-order valence-electron chi connectivity index (χ2n) is 17.6. The van der Waals surface area contributed by atoms with Crippen molar-refractivity contribution < 1.29 is 0 Å². The number of anilines is 6. The third kappa shape index (κ3) is 5.61. The van der Waals surface area contributed by atoms with Gasteiger partial charge in [-0.3, -0.25) is 0 Å². The molecule has 0 spiro atoms. The average Bonchev–Trinajstić information content (AvgIpc) is 3.50. The van der Waals surface area contributed by atoms with Crippen molar-refractivity contribution in [1.29, 1.82) is 0 Å². The first-order chi connectivity index (χ1) is 26.7. The number of aryl methyl sites for hydroxylation is 6. The lowest BCUT2D eigenvalue weighted by atomic mass is 9.79. The summed E-state index contributed by atoms with van der Waals surface area (Å²) in [5.41, 5.74) is 25.6. The zero-order chi connectivity index (χ0) is 39.3. The second kappa shape index (κ2) is 12.8. The van der Waals surface area contributed by atoms with Crippen molar-refractivity contribution in [3.05, 3.63) is 189 Å². The standard InChI is InChI=1S/C54H52N2/c1-33-15-11-19-39(23-33)55(40-20-12-16-34(2)24-40)43-27-37(5)51-45-31-48-46(32-47(45)53(7,8)49(51)29-43)52-38(6)28-44(30-50(52)54(48,9)10)56(41-21-13-17-35(3)25-41)42-22-14-18-36(4)26-42/h11-32H,1-10H3. The van der Waals surface area contributed by atoms with E-state index in [0.717, 1.165) is 0 Å². The number of hydrogen-bond acceptors (Lipinski definition) is 2. The summed E-state index contributed by atoms with van der Waals surface area (Å²) in [6, 6.07) is 50.4. The van der Waals surface area contributed by atoms with Gasteiger partial charge in [0.05, 0.1) is 0 Å². The highest BCUT2D eigenvalue weighted by atomic mass is 15.1. The van der Waals surface area contributed by atoms with Crippen molar-refractivity contribution >= 4 is 34.1 Å². The molecule has 2 nitrogen and oxygen atoms in total. The van der Waals surface area contributed by atoms with Gasteiger partial charge in [-0.05, 0) is 204 Å². The normalized spacial score (nSPS) is 14.2. The lowest BCUT2D eigenvalue weighted by molar-refractivity contribution is 0.652. The molecule has 2 aliphatic carbocycles. The maximum atomic E-state index is 2.56. The van der Waals surface area contributed by atoms with Crippen LogP contribution < -0.4 is 9.80 Å². The molecule has 7 aromatic rings. The van der Waals surface area contributed by atoms with Crippen LogP contribution in [0.3, 0.4) is 0 Å². The lowest BCUT2D eigenvalue weighted by Gasteiger charge is -2.29. The predicted molar refractivity (Wildman–Crippen MR) is 239 cm³/mol. The molecule has 2 heteroatoms. The summed E-state index contributed by atoms with van der Waals surface area (Å²) in [6.45, 7) is 23.0. The summed E-state index contributed by atoms with van der Waals surface area (Å²) in [6.07, 6.45) is 0. The van der Waals surface area contributed by atoms with E-state index in [0.29, 0.717) is 0 Å². The summed E-state index contributed by atoms with van der Waals surface area (Å²) in [4.78, 5) is 4.87. The van der Waals surface area contributed by atoms with Crippen molar-refractivity contribution in [3.8, 4) is 22.3 Å². The minimum absolute atomic E-state index is 0.181. The van der Waals surface area contributed by atoms with E-state index >= 15 is 0 Å². The first kappa shape index (κ1) is 35.8. The zero-order valence-electron chi connectivity index (χ0n) is 34.6. The number of hydrogen-bond donors (Lipinski definition) is 0. The van der Waals surface area contributed by atoms with Gasteiger partial charge in [0.25, 0.3) is 0 Å². The fourth-order valence-electron chi connectivity index (χ4n) is 9.80. The minimum Gasteiger partial charge on any atom is -0.310 e. The van der Waals surface area contributed by atoms with Crippen LogP contribution in [0.1, 0.15) is 83.3 Å². The lowest BCUT2D eigenvalue weighted by Crippen LogP contribution is -2.18. The average molecular weight is 729 g/mol. The molecule has 2 aliphatic rings. The van der Waals surface area contributed by atoms with Crippen LogP contribution in [-0.2, 0) is 10.8 Å². The number of benzene rings is 7. The highest BCUT2D eigenvalue weighted by Crippen LogP contribution is 2.59. The van der Waals surface area contributed by atoms with Gasteiger partial charge in [-0.15, -0.1) is 0 Å². The Hall–Kier alpha value is -5.86. The molecule has 0 amide bonds. The van der Waals surface area contributed by atoms with Crippen molar-refractivity contribution in [3.63, 3.8) is 0 Å². The Morgan fingerprint density at radius 3 is 0.911 bits per heavy atom. The van der Waals surface area contributed by atoms with Gasteiger partial charge in [-0.1, -0.05) is 76.2 Å². The Labute approximate surface area is 334 Å².